The van der Waals surface area contributed by atoms with Crippen molar-refractivity contribution in [3.8, 4) is 5.75 Å². The molecule has 21 heavy (non-hydrogen) atoms. The molecular weight excluding hydrogens is 280 g/mol. The van der Waals surface area contributed by atoms with E-state index in [1.54, 1.807) is 11.9 Å². The Morgan fingerprint density at radius 2 is 2.19 bits per heavy atom. The first-order chi connectivity index (χ1) is 10.1. The van der Waals surface area contributed by atoms with Gasteiger partial charge >= 0.3 is 0 Å². The van der Waals surface area contributed by atoms with Crippen molar-refractivity contribution in [3.63, 3.8) is 0 Å². The Morgan fingerprint density at radius 1 is 1.33 bits per heavy atom. The SMILES string of the molecule is Cc1cc(C2=CC=CN3CCSN=C23)ccc1OC(C)C. The van der Waals surface area contributed by atoms with Crippen LogP contribution in [0, 0.1) is 6.92 Å². The van der Waals surface area contributed by atoms with Gasteiger partial charge in [0.1, 0.15) is 11.6 Å². The van der Waals surface area contributed by atoms with E-state index >= 15 is 0 Å². The lowest BCUT2D eigenvalue weighted by Gasteiger charge is -2.29. The molecule has 0 spiro atoms. The predicted molar refractivity (Wildman–Crippen MR) is 90.7 cm³/mol. The maximum atomic E-state index is 5.82. The molecule has 0 aliphatic carbocycles. The maximum Gasteiger partial charge on any atom is 0.148 e. The van der Waals surface area contributed by atoms with Crippen LogP contribution in [0.25, 0.3) is 5.57 Å². The largest absolute Gasteiger partial charge is 0.491 e. The number of hydrogen-bond acceptors (Lipinski definition) is 4. The lowest BCUT2D eigenvalue weighted by atomic mass is 9.99. The molecule has 1 aromatic rings. The van der Waals surface area contributed by atoms with E-state index in [2.05, 4.69) is 52.8 Å². The van der Waals surface area contributed by atoms with E-state index < -0.39 is 0 Å². The zero-order valence-electron chi connectivity index (χ0n) is 12.7. The quantitative estimate of drug-likeness (QED) is 0.787. The van der Waals surface area contributed by atoms with E-state index in [0.717, 1.165) is 29.4 Å². The summed E-state index contributed by atoms with van der Waals surface area (Å²) >= 11 is 1.64. The highest BCUT2D eigenvalue weighted by Crippen LogP contribution is 2.30. The van der Waals surface area contributed by atoms with E-state index in [0.29, 0.717) is 0 Å². The number of ether oxygens (including phenoxy) is 1. The molecule has 2 aliphatic heterocycles. The molecule has 0 saturated carbocycles. The number of amidine groups is 1. The van der Waals surface area contributed by atoms with Crippen LogP contribution in [0.3, 0.4) is 0 Å². The summed E-state index contributed by atoms with van der Waals surface area (Å²) in [5, 5.41) is 0. The van der Waals surface area contributed by atoms with Crippen molar-refractivity contribution in [2.45, 2.75) is 26.9 Å². The second-order valence-corrected chi connectivity index (χ2v) is 6.36. The van der Waals surface area contributed by atoms with E-state index in [9.17, 15) is 0 Å². The van der Waals surface area contributed by atoms with E-state index in [4.69, 9.17) is 4.74 Å². The van der Waals surface area contributed by atoms with Gasteiger partial charge in [-0.05, 0) is 68.1 Å². The number of hydrogen-bond donors (Lipinski definition) is 0. The van der Waals surface area contributed by atoms with Crippen molar-refractivity contribution in [1.29, 1.82) is 0 Å². The summed E-state index contributed by atoms with van der Waals surface area (Å²) in [6, 6.07) is 6.36. The second-order valence-electron chi connectivity index (χ2n) is 5.51. The highest BCUT2D eigenvalue weighted by molar-refractivity contribution is 7.98. The number of aryl methyl sites for hydroxylation is 1. The Balaban J connectivity index is 1.93. The summed E-state index contributed by atoms with van der Waals surface area (Å²) in [6.07, 6.45) is 6.53. The van der Waals surface area contributed by atoms with E-state index in [1.807, 2.05) is 13.8 Å². The van der Waals surface area contributed by atoms with Crippen LogP contribution < -0.4 is 4.74 Å². The van der Waals surface area contributed by atoms with Crippen LogP contribution in [-0.4, -0.2) is 29.1 Å². The zero-order chi connectivity index (χ0) is 14.8. The standard InChI is InChI=1S/C17H20N2OS/c1-12(2)20-16-7-6-14(11-13(16)3)15-5-4-8-19-9-10-21-18-17(15)19/h4-8,11-12H,9-10H2,1-3H3. The Bertz CT molecular complexity index is 632. The Labute approximate surface area is 130 Å². The minimum Gasteiger partial charge on any atom is -0.491 e. The van der Waals surface area contributed by atoms with Crippen molar-refractivity contribution in [2.24, 2.45) is 4.40 Å². The third-order valence-electron chi connectivity index (χ3n) is 3.46. The molecule has 3 rings (SSSR count). The summed E-state index contributed by atoms with van der Waals surface area (Å²) in [4.78, 5) is 2.22. The molecule has 4 heteroatoms. The Kier molecular flexibility index (Phi) is 4.06. The van der Waals surface area contributed by atoms with Crippen LogP contribution in [0.1, 0.15) is 25.0 Å². The van der Waals surface area contributed by atoms with Gasteiger partial charge in [0.2, 0.25) is 0 Å². The molecule has 3 nitrogen and oxygen atoms in total. The fourth-order valence-corrected chi connectivity index (χ4v) is 3.19. The summed E-state index contributed by atoms with van der Waals surface area (Å²) in [7, 11) is 0. The van der Waals surface area contributed by atoms with Gasteiger partial charge in [0.05, 0.1) is 6.10 Å². The fraction of sp³-hybridized carbons (Fsp3) is 0.353. The molecule has 0 amide bonds. The smallest absolute Gasteiger partial charge is 0.148 e. The van der Waals surface area contributed by atoms with E-state index in [-0.39, 0.29) is 6.10 Å². The fourth-order valence-electron chi connectivity index (χ4n) is 2.50. The van der Waals surface area contributed by atoms with Gasteiger partial charge < -0.3 is 9.64 Å². The molecule has 1 aromatic carbocycles. The summed E-state index contributed by atoms with van der Waals surface area (Å²) in [5.41, 5.74) is 3.54. The molecule has 0 aromatic heterocycles. The van der Waals surface area contributed by atoms with Gasteiger partial charge in [-0.2, -0.15) is 4.40 Å². The highest BCUT2D eigenvalue weighted by Gasteiger charge is 2.21. The van der Waals surface area contributed by atoms with Crippen LogP contribution >= 0.6 is 11.9 Å². The first kappa shape index (κ1) is 14.3. The highest BCUT2D eigenvalue weighted by atomic mass is 32.2. The van der Waals surface area contributed by atoms with Crippen molar-refractivity contribution >= 4 is 23.4 Å². The van der Waals surface area contributed by atoms with Crippen molar-refractivity contribution in [1.82, 2.24) is 4.90 Å². The van der Waals surface area contributed by atoms with Crippen LogP contribution in [-0.2, 0) is 0 Å². The van der Waals surface area contributed by atoms with Gasteiger partial charge in [-0.15, -0.1) is 0 Å². The number of benzene rings is 1. The maximum absolute atomic E-state index is 5.82. The second kappa shape index (κ2) is 5.98. The number of fused-ring (bicyclic) bond motifs is 1. The normalized spacial score (nSPS) is 17.4. The molecule has 2 heterocycles. The van der Waals surface area contributed by atoms with Gasteiger partial charge in [-0.1, -0.05) is 6.07 Å². The Morgan fingerprint density at radius 3 is 2.95 bits per heavy atom. The molecule has 0 fully saturated rings. The average Bonchev–Trinajstić information content (AvgIpc) is 2.48. The zero-order valence-corrected chi connectivity index (χ0v) is 13.5. The summed E-state index contributed by atoms with van der Waals surface area (Å²) in [5.74, 6) is 3.06. The predicted octanol–water partition coefficient (Wildman–Crippen LogP) is 4.06. The molecule has 110 valence electrons. The lowest BCUT2D eigenvalue weighted by Crippen LogP contribution is -2.32. The molecular formula is C17H20N2OS. The minimum absolute atomic E-state index is 0.195. The van der Waals surface area contributed by atoms with Gasteiger partial charge in [-0.25, -0.2) is 0 Å². The van der Waals surface area contributed by atoms with Gasteiger partial charge in [0, 0.05) is 24.1 Å². The van der Waals surface area contributed by atoms with Crippen molar-refractivity contribution in [2.75, 3.05) is 12.3 Å². The molecule has 0 N–H and O–H groups in total. The van der Waals surface area contributed by atoms with Gasteiger partial charge in [0.15, 0.2) is 0 Å². The third kappa shape index (κ3) is 3.00. The molecule has 0 radical (unpaired) electrons. The van der Waals surface area contributed by atoms with Crippen LogP contribution in [0.15, 0.2) is 40.9 Å². The third-order valence-corrected chi connectivity index (χ3v) is 4.13. The number of nitrogens with zero attached hydrogens (tertiary/aromatic N) is 2. The van der Waals surface area contributed by atoms with Crippen LogP contribution in [0.4, 0.5) is 0 Å². The van der Waals surface area contributed by atoms with Gasteiger partial charge in [0.25, 0.3) is 0 Å². The summed E-state index contributed by atoms with van der Waals surface area (Å²) in [6.45, 7) is 7.21. The first-order valence-electron chi connectivity index (χ1n) is 7.28. The monoisotopic (exact) mass is 300 g/mol. The Hall–Kier alpha value is -1.68. The minimum atomic E-state index is 0.195. The van der Waals surface area contributed by atoms with Crippen LogP contribution in [0.2, 0.25) is 0 Å². The van der Waals surface area contributed by atoms with Crippen molar-refractivity contribution < 1.29 is 4.74 Å². The molecule has 0 unspecified atom stereocenters. The van der Waals surface area contributed by atoms with Gasteiger partial charge in [-0.3, -0.25) is 0 Å². The summed E-state index contributed by atoms with van der Waals surface area (Å²) < 4.78 is 10.4. The lowest BCUT2D eigenvalue weighted by molar-refractivity contribution is 0.241. The topological polar surface area (TPSA) is 24.8 Å². The average molecular weight is 300 g/mol. The van der Waals surface area contributed by atoms with Crippen molar-refractivity contribution in [3.05, 3.63) is 47.7 Å². The molecule has 0 bridgehead atoms. The van der Waals surface area contributed by atoms with Crippen LogP contribution in [0.5, 0.6) is 5.75 Å². The molecule has 0 saturated heterocycles. The van der Waals surface area contributed by atoms with E-state index in [1.165, 1.54) is 11.1 Å². The molecule has 2 aliphatic rings. The first-order valence-corrected chi connectivity index (χ1v) is 8.22. The number of rotatable bonds is 3. The molecule has 0 atom stereocenters. The number of allylic oxidation sites excluding steroid dienone is 2.